The van der Waals surface area contributed by atoms with Crippen LogP contribution in [0, 0.1) is 0 Å². The third-order valence-corrected chi connectivity index (χ3v) is 13.4. The lowest BCUT2D eigenvalue weighted by molar-refractivity contribution is -0.332. The van der Waals surface area contributed by atoms with Crippen molar-refractivity contribution in [2.45, 2.75) is 274 Å². The van der Waals surface area contributed by atoms with Crippen molar-refractivity contribution in [3.05, 3.63) is 48.6 Å². The van der Waals surface area contributed by atoms with Crippen molar-refractivity contribution in [2.75, 3.05) is 26.4 Å². The highest BCUT2D eigenvalue weighted by Gasteiger charge is 2.47. The molecule has 0 bridgehead atoms. The molecule has 11 atom stereocenters. The molecule has 418 valence electrons. The summed E-state index contributed by atoms with van der Waals surface area (Å²) in [5, 5.41) is 72.2. The molecule has 2 aliphatic rings. The summed E-state index contributed by atoms with van der Waals surface area (Å²) in [4.78, 5) is 25.8. The maximum Gasteiger partial charge on any atom is 0.306 e. The second-order valence-corrected chi connectivity index (χ2v) is 19.8. The SMILES string of the molecule is CC/C=C/C=C/C=C/C=C/CCCCCC(=O)OC(COC(=O)CCCCCCCCCCCCCCCCCCCCCCCCC)CO[C@@H]1O[C@H](CO[C@@H]2O[C@H](CO)[C@H](O)C(O)C2O)[C@H](O)C(O)C1O. The van der Waals surface area contributed by atoms with Crippen LogP contribution in [0.5, 0.6) is 0 Å². The van der Waals surface area contributed by atoms with Crippen molar-refractivity contribution in [3.8, 4) is 0 Å². The van der Waals surface area contributed by atoms with Crippen LogP contribution in [-0.4, -0.2) is 142 Å². The average molecular weight is 1030 g/mol. The zero-order chi connectivity index (χ0) is 52.4. The summed E-state index contributed by atoms with van der Waals surface area (Å²) in [6, 6.07) is 0. The van der Waals surface area contributed by atoms with E-state index in [0.717, 1.165) is 44.9 Å². The second kappa shape index (κ2) is 43.7. The van der Waals surface area contributed by atoms with Gasteiger partial charge in [0.25, 0.3) is 0 Å². The maximum atomic E-state index is 13.0. The van der Waals surface area contributed by atoms with Crippen LogP contribution in [0.15, 0.2) is 48.6 Å². The zero-order valence-electron chi connectivity index (χ0n) is 44.4. The highest BCUT2D eigenvalue weighted by Crippen LogP contribution is 2.27. The number of aliphatic hydroxyl groups is 7. The summed E-state index contributed by atoms with van der Waals surface area (Å²) >= 11 is 0. The fourth-order valence-electron chi connectivity index (χ4n) is 8.82. The van der Waals surface area contributed by atoms with Crippen LogP contribution < -0.4 is 0 Å². The smallest absolute Gasteiger partial charge is 0.306 e. The molecular formula is C57H100O15. The van der Waals surface area contributed by atoms with Crippen LogP contribution in [-0.2, 0) is 38.0 Å². The first kappa shape index (κ1) is 65.6. The Morgan fingerprint density at radius 1 is 0.458 bits per heavy atom. The molecule has 7 N–H and O–H groups in total. The standard InChI is InChI=1S/C57H100O15/c1-3-5-7-9-11-13-15-17-18-19-20-21-22-23-24-25-26-28-29-31-33-35-37-39-48(59)67-42-45(70-49(60)40-38-36-34-32-30-27-16-14-12-10-8-6-4-2)43-68-56-55(66)53(64)51(62)47(72-56)44-69-57-54(65)52(63)50(61)46(41-58)71-57/h6,8,10,12,14,16,27,30,45-47,50-58,61-66H,3-5,7,9,11,13,15,17-26,28-29,31-44H2,1-2H3/b8-6+,12-10+,16-14+,30-27+/t45?,46-,47-,50+,51+,52?,53?,54?,55?,56-,57-/m1/s1. The number of esters is 2. The van der Waals surface area contributed by atoms with Gasteiger partial charge in [0, 0.05) is 12.8 Å². The van der Waals surface area contributed by atoms with E-state index < -0.39 is 99.3 Å². The number of aliphatic hydroxyl groups excluding tert-OH is 7. The first-order valence-corrected chi connectivity index (χ1v) is 28.3. The molecule has 0 radical (unpaired) electrons. The monoisotopic (exact) mass is 1020 g/mol. The predicted octanol–water partition coefficient (Wildman–Crippen LogP) is 9.05. The number of ether oxygens (including phenoxy) is 6. The van der Waals surface area contributed by atoms with Crippen LogP contribution in [0.25, 0.3) is 0 Å². The Kier molecular flexibility index (Phi) is 39.8. The van der Waals surface area contributed by atoms with Gasteiger partial charge in [-0.05, 0) is 32.1 Å². The van der Waals surface area contributed by atoms with E-state index in [1.165, 1.54) is 122 Å². The van der Waals surface area contributed by atoms with Crippen LogP contribution in [0.3, 0.4) is 0 Å². The molecule has 0 spiro atoms. The van der Waals surface area contributed by atoms with Crippen LogP contribution in [0.1, 0.15) is 206 Å². The van der Waals surface area contributed by atoms with Gasteiger partial charge in [-0.3, -0.25) is 9.59 Å². The minimum atomic E-state index is -1.77. The Balaban J connectivity index is 1.73. The number of carbonyl (C=O) groups is 2. The molecule has 0 aromatic heterocycles. The van der Waals surface area contributed by atoms with Crippen molar-refractivity contribution in [1.82, 2.24) is 0 Å². The van der Waals surface area contributed by atoms with Crippen LogP contribution in [0.4, 0.5) is 0 Å². The molecule has 2 fully saturated rings. The number of rotatable bonds is 44. The molecule has 15 nitrogen and oxygen atoms in total. The Labute approximate surface area is 433 Å². The van der Waals surface area contributed by atoms with E-state index in [9.17, 15) is 45.3 Å². The minimum Gasteiger partial charge on any atom is -0.462 e. The van der Waals surface area contributed by atoms with Crippen LogP contribution >= 0.6 is 0 Å². The third kappa shape index (κ3) is 30.7. The fraction of sp³-hybridized carbons (Fsp3) is 0.825. The summed E-state index contributed by atoms with van der Waals surface area (Å²) in [6.07, 6.45) is 33.0. The molecule has 2 rings (SSSR count). The van der Waals surface area contributed by atoms with Crippen LogP contribution in [0.2, 0.25) is 0 Å². The van der Waals surface area contributed by atoms with E-state index in [1.807, 2.05) is 36.5 Å². The minimum absolute atomic E-state index is 0.120. The van der Waals surface area contributed by atoms with Crippen molar-refractivity contribution in [1.29, 1.82) is 0 Å². The molecular weight excluding hydrogens is 925 g/mol. The highest BCUT2D eigenvalue weighted by molar-refractivity contribution is 5.70. The summed E-state index contributed by atoms with van der Waals surface area (Å²) in [6.45, 7) is 2.43. The van der Waals surface area contributed by atoms with Gasteiger partial charge in [0.1, 0.15) is 55.4 Å². The van der Waals surface area contributed by atoms with Crippen molar-refractivity contribution in [2.24, 2.45) is 0 Å². The highest BCUT2D eigenvalue weighted by atomic mass is 16.7. The Morgan fingerprint density at radius 2 is 0.875 bits per heavy atom. The fourth-order valence-corrected chi connectivity index (χ4v) is 8.82. The third-order valence-electron chi connectivity index (χ3n) is 13.4. The Hall–Kier alpha value is -2.54. The van der Waals surface area contributed by atoms with E-state index in [-0.39, 0.29) is 19.4 Å². The maximum absolute atomic E-state index is 13.0. The first-order chi connectivity index (χ1) is 35.0. The van der Waals surface area contributed by atoms with Gasteiger partial charge in [-0.1, -0.05) is 210 Å². The topological polar surface area (TPSA) is 231 Å². The molecule has 0 aromatic rings. The lowest BCUT2D eigenvalue weighted by Gasteiger charge is -2.42. The van der Waals surface area contributed by atoms with Gasteiger partial charge >= 0.3 is 11.9 Å². The largest absolute Gasteiger partial charge is 0.462 e. The molecule has 0 aliphatic carbocycles. The van der Waals surface area contributed by atoms with E-state index in [1.54, 1.807) is 0 Å². The normalized spacial score (nSPS) is 25.3. The first-order valence-electron chi connectivity index (χ1n) is 28.3. The van der Waals surface area contributed by atoms with E-state index in [4.69, 9.17) is 28.4 Å². The number of hydrogen-bond donors (Lipinski definition) is 7. The Bertz CT molecular complexity index is 1440. The van der Waals surface area contributed by atoms with Gasteiger partial charge < -0.3 is 64.2 Å². The van der Waals surface area contributed by atoms with Gasteiger partial charge in [0.15, 0.2) is 18.7 Å². The van der Waals surface area contributed by atoms with Gasteiger partial charge in [-0.25, -0.2) is 0 Å². The Morgan fingerprint density at radius 3 is 1.38 bits per heavy atom. The van der Waals surface area contributed by atoms with Gasteiger partial charge in [0.05, 0.1) is 19.8 Å². The quantitative estimate of drug-likeness (QED) is 0.0171. The second-order valence-electron chi connectivity index (χ2n) is 19.8. The predicted molar refractivity (Wildman–Crippen MR) is 280 cm³/mol. The molecule has 0 saturated carbocycles. The molecule has 2 heterocycles. The lowest BCUT2D eigenvalue weighted by Crippen LogP contribution is -2.61. The molecule has 2 aliphatic heterocycles. The van der Waals surface area contributed by atoms with Gasteiger partial charge in [-0.15, -0.1) is 0 Å². The molecule has 72 heavy (non-hydrogen) atoms. The number of carbonyl (C=O) groups excluding carboxylic acids is 2. The zero-order valence-corrected chi connectivity index (χ0v) is 44.4. The summed E-state index contributed by atoms with van der Waals surface area (Å²) in [7, 11) is 0. The summed E-state index contributed by atoms with van der Waals surface area (Å²) < 4.78 is 33.6. The van der Waals surface area contributed by atoms with Gasteiger partial charge in [0.2, 0.25) is 0 Å². The molecule has 0 amide bonds. The van der Waals surface area contributed by atoms with Gasteiger partial charge in [-0.2, -0.15) is 0 Å². The molecule has 15 heteroatoms. The number of unbranched alkanes of at least 4 members (excludes halogenated alkanes) is 25. The average Bonchev–Trinajstić information content (AvgIpc) is 3.37. The van der Waals surface area contributed by atoms with E-state index >= 15 is 0 Å². The van der Waals surface area contributed by atoms with E-state index in [0.29, 0.717) is 12.8 Å². The van der Waals surface area contributed by atoms with Crippen molar-refractivity contribution >= 4 is 11.9 Å². The van der Waals surface area contributed by atoms with Crippen molar-refractivity contribution in [3.63, 3.8) is 0 Å². The van der Waals surface area contributed by atoms with Crippen molar-refractivity contribution < 1.29 is 73.8 Å². The summed E-state index contributed by atoms with van der Waals surface area (Å²) in [5.74, 6) is -0.965. The molecule has 2 saturated heterocycles. The number of allylic oxidation sites excluding steroid dienone is 8. The number of hydrogen-bond acceptors (Lipinski definition) is 15. The summed E-state index contributed by atoms with van der Waals surface area (Å²) in [5.41, 5.74) is 0. The molecule has 5 unspecified atom stereocenters. The van der Waals surface area contributed by atoms with E-state index in [2.05, 4.69) is 26.0 Å². The lowest BCUT2D eigenvalue weighted by atomic mass is 9.98. The molecule has 0 aromatic carbocycles.